The number of carbonyl (C=O) groups is 1. The number of hydrogen-bond acceptors (Lipinski definition) is 3. The van der Waals surface area contributed by atoms with Gasteiger partial charge in [-0.2, -0.15) is 0 Å². The molecule has 0 unspecified atom stereocenters. The second-order valence-electron chi connectivity index (χ2n) is 2.93. The summed E-state index contributed by atoms with van der Waals surface area (Å²) in [5.41, 5.74) is 0.470. The minimum atomic E-state index is -0.389. The standard InChI is InChI=1S/C10H13NO3/c1-3-14-9(12)7-11-6-4-5-8(2)10(11)13/h4-6H,3,7H2,1-2H3. The Hall–Kier alpha value is -1.58. The zero-order chi connectivity index (χ0) is 10.6. The zero-order valence-corrected chi connectivity index (χ0v) is 8.32. The van der Waals surface area contributed by atoms with Crippen LogP contribution in [-0.4, -0.2) is 17.1 Å². The van der Waals surface area contributed by atoms with Crippen molar-refractivity contribution < 1.29 is 9.53 Å². The predicted molar refractivity (Wildman–Crippen MR) is 52.1 cm³/mol. The van der Waals surface area contributed by atoms with E-state index in [1.165, 1.54) is 4.57 Å². The summed E-state index contributed by atoms with van der Waals surface area (Å²) in [6, 6.07) is 3.44. The van der Waals surface area contributed by atoms with Gasteiger partial charge in [0.1, 0.15) is 6.54 Å². The molecule has 1 heterocycles. The van der Waals surface area contributed by atoms with Gasteiger partial charge in [-0.3, -0.25) is 9.59 Å². The van der Waals surface area contributed by atoms with Crippen molar-refractivity contribution in [1.82, 2.24) is 4.57 Å². The summed E-state index contributed by atoms with van der Waals surface area (Å²) in [4.78, 5) is 22.6. The van der Waals surface area contributed by atoms with E-state index in [1.54, 1.807) is 32.2 Å². The molecule has 4 heteroatoms. The van der Waals surface area contributed by atoms with E-state index >= 15 is 0 Å². The average molecular weight is 195 g/mol. The maximum absolute atomic E-state index is 11.5. The molecule has 14 heavy (non-hydrogen) atoms. The lowest BCUT2D eigenvalue weighted by atomic mass is 10.3. The van der Waals surface area contributed by atoms with Crippen molar-refractivity contribution in [2.75, 3.05) is 6.61 Å². The van der Waals surface area contributed by atoms with E-state index in [1.807, 2.05) is 0 Å². The average Bonchev–Trinajstić information content (AvgIpc) is 2.13. The van der Waals surface area contributed by atoms with Crippen LogP contribution >= 0.6 is 0 Å². The van der Waals surface area contributed by atoms with Crippen LogP contribution in [0, 0.1) is 6.92 Å². The van der Waals surface area contributed by atoms with Gasteiger partial charge in [-0.1, -0.05) is 6.07 Å². The molecular formula is C10H13NO3. The summed E-state index contributed by atoms with van der Waals surface area (Å²) in [5.74, 6) is -0.389. The molecule has 0 spiro atoms. The first kappa shape index (κ1) is 10.5. The Kier molecular flexibility index (Phi) is 3.45. The van der Waals surface area contributed by atoms with Crippen molar-refractivity contribution in [3.63, 3.8) is 0 Å². The van der Waals surface area contributed by atoms with Crippen LogP contribution in [0.5, 0.6) is 0 Å². The Balaban J connectivity index is 2.82. The first-order chi connectivity index (χ1) is 6.65. The number of hydrogen-bond donors (Lipinski definition) is 0. The topological polar surface area (TPSA) is 48.3 Å². The molecule has 0 aromatic carbocycles. The fourth-order valence-electron chi connectivity index (χ4n) is 1.13. The van der Waals surface area contributed by atoms with E-state index in [0.29, 0.717) is 12.2 Å². The molecule has 0 aliphatic rings. The Morgan fingerprint density at radius 2 is 2.29 bits per heavy atom. The van der Waals surface area contributed by atoms with Gasteiger partial charge in [-0.05, 0) is 19.9 Å². The lowest BCUT2D eigenvalue weighted by molar-refractivity contribution is -0.143. The molecule has 0 N–H and O–H groups in total. The maximum atomic E-state index is 11.5. The van der Waals surface area contributed by atoms with E-state index in [-0.39, 0.29) is 18.1 Å². The second kappa shape index (κ2) is 4.60. The van der Waals surface area contributed by atoms with Gasteiger partial charge in [0.15, 0.2) is 0 Å². The van der Waals surface area contributed by atoms with Crippen molar-refractivity contribution >= 4 is 5.97 Å². The number of ether oxygens (including phenoxy) is 1. The molecule has 4 nitrogen and oxygen atoms in total. The van der Waals surface area contributed by atoms with Crippen LogP contribution in [0.25, 0.3) is 0 Å². The third-order valence-electron chi connectivity index (χ3n) is 1.82. The van der Waals surface area contributed by atoms with E-state index in [9.17, 15) is 9.59 Å². The first-order valence-corrected chi connectivity index (χ1v) is 4.47. The summed E-state index contributed by atoms with van der Waals surface area (Å²) in [7, 11) is 0. The number of carbonyl (C=O) groups excluding carboxylic acids is 1. The van der Waals surface area contributed by atoms with Crippen LogP contribution in [-0.2, 0) is 16.1 Å². The molecule has 0 saturated carbocycles. The summed E-state index contributed by atoms with van der Waals surface area (Å²) >= 11 is 0. The van der Waals surface area contributed by atoms with Gasteiger partial charge in [0.25, 0.3) is 5.56 Å². The van der Waals surface area contributed by atoms with E-state index < -0.39 is 0 Å². The lowest BCUT2D eigenvalue weighted by Gasteiger charge is -2.05. The van der Waals surface area contributed by atoms with E-state index in [0.717, 1.165) is 0 Å². The normalized spacial score (nSPS) is 9.86. The second-order valence-corrected chi connectivity index (χ2v) is 2.93. The summed E-state index contributed by atoms with van der Waals surface area (Å²) in [6.45, 7) is 3.76. The molecule has 1 aromatic heterocycles. The SMILES string of the molecule is CCOC(=O)Cn1cccc(C)c1=O. The smallest absolute Gasteiger partial charge is 0.326 e. The molecule has 0 aliphatic carbocycles. The van der Waals surface area contributed by atoms with Gasteiger partial charge in [-0.25, -0.2) is 0 Å². The quantitative estimate of drug-likeness (QED) is 0.668. The Morgan fingerprint density at radius 1 is 1.57 bits per heavy atom. The molecule has 0 aliphatic heterocycles. The van der Waals surface area contributed by atoms with Crippen LogP contribution in [0.4, 0.5) is 0 Å². The van der Waals surface area contributed by atoms with Crippen molar-refractivity contribution in [1.29, 1.82) is 0 Å². The number of rotatable bonds is 3. The molecular weight excluding hydrogens is 182 g/mol. The van der Waals surface area contributed by atoms with Crippen molar-refractivity contribution in [3.05, 3.63) is 34.2 Å². The highest BCUT2D eigenvalue weighted by molar-refractivity contribution is 5.69. The third kappa shape index (κ3) is 2.45. The number of aromatic nitrogens is 1. The fourth-order valence-corrected chi connectivity index (χ4v) is 1.13. The Morgan fingerprint density at radius 3 is 2.93 bits per heavy atom. The van der Waals surface area contributed by atoms with Crippen molar-refractivity contribution in [3.8, 4) is 0 Å². The largest absolute Gasteiger partial charge is 0.465 e. The molecule has 1 aromatic rings. The molecule has 0 atom stereocenters. The van der Waals surface area contributed by atoms with E-state index in [4.69, 9.17) is 4.74 Å². The van der Waals surface area contributed by atoms with Crippen LogP contribution in [0.3, 0.4) is 0 Å². The molecule has 0 fully saturated rings. The molecule has 1 rings (SSSR count). The van der Waals surface area contributed by atoms with Gasteiger partial charge in [0.05, 0.1) is 6.61 Å². The minimum absolute atomic E-state index is 0.0195. The molecule has 0 amide bonds. The highest BCUT2D eigenvalue weighted by Gasteiger charge is 2.05. The minimum Gasteiger partial charge on any atom is -0.465 e. The van der Waals surface area contributed by atoms with Gasteiger partial charge >= 0.3 is 5.97 Å². The summed E-state index contributed by atoms with van der Waals surface area (Å²) in [6.07, 6.45) is 1.58. The third-order valence-corrected chi connectivity index (χ3v) is 1.82. The van der Waals surface area contributed by atoms with Crippen molar-refractivity contribution in [2.24, 2.45) is 0 Å². The Bertz CT molecular complexity index is 381. The van der Waals surface area contributed by atoms with Crippen LogP contribution in [0.15, 0.2) is 23.1 Å². The van der Waals surface area contributed by atoms with Gasteiger partial charge in [0, 0.05) is 11.8 Å². The number of pyridine rings is 1. The molecule has 0 bridgehead atoms. The number of aryl methyl sites for hydroxylation is 1. The molecule has 76 valence electrons. The summed E-state index contributed by atoms with van der Waals surface area (Å²) < 4.78 is 6.08. The Labute approximate surface area is 82.1 Å². The first-order valence-electron chi connectivity index (χ1n) is 4.47. The van der Waals surface area contributed by atoms with Crippen LogP contribution < -0.4 is 5.56 Å². The zero-order valence-electron chi connectivity index (χ0n) is 8.32. The summed E-state index contributed by atoms with van der Waals surface area (Å²) in [5, 5.41) is 0. The van der Waals surface area contributed by atoms with E-state index in [2.05, 4.69) is 0 Å². The molecule has 0 saturated heterocycles. The van der Waals surface area contributed by atoms with Crippen LogP contribution in [0.1, 0.15) is 12.5 Å². The maximum Gasteiger partial charge on any atom is 0.326 e. The van der Waals surface area contributed by atoms with Gasteiger partial charge in [-0.15, -0.1) is 0 Å². The monoisotopic (exact) mass is 195 g/mol. The van der Waals surface area contributed by atoms with Gasteiger partial charge < -0.3 is 9.30 Å². The number of nitrogens with zero attached hydrogens (tertiary/aromatic N) is 1. The predicted octanol–water partition coefficient (Wildman–Crippen LogP) is 0.720. The van der Waals surface area contributed by atoms with Gasteiger partial charge in [0.2, 0.25) is 0 Å². The highest BCUT2D eigenvalue weighted by Crippen LogP contribution is 1.90. The van der Waals surface area contributed by atoms with Crippen molar-refractivity contribution in [2.45, 2.75) is 20.4 Å². The highest BCUT2D eigenvalue weighted by atomic mass is 16.5. The lowest BCUT2D eigenvalue weighted by Crippen LogP contribution is -2.26. The van der Waals surface area contributed by atoms with Crippen LogP contribution in [0.2, 0.25) is 0 Å². The fraction of sp³-hybridized carbons (Fsp3) is 0.400. The number of esters is 1. The molecule has 0 radical (unpaired) electrons.